The Morgan fingerprint density at radius 3 is 2.27 bits per heavy atom. The molecular weight excluding hydrogens is 296 g/mol. The van der Waals surface area contributed by atoms with Gasteiger partial charge in [0, 0.05) is 11.8 Å². The lowest BCUT2D eigenvalue weighted by molar-refractivity contribution is 0.598. The van der Waals surface area contributed by atoms with Gasteiger partial charge in [0.05, 0.1) is 10.6 Å². The van der Waals surface area contributed by atoms with Crippen molar-refractivity contribution in [1.29, 1.82) is 0 Å². The molecule has 0 saturated carbocycles. The molecule has 0 radical (unpaired) electrons. The van der Waals surface area contributed by atoms with Gasteiger partial charge in [0.1, 0.15) is 0 Å². The molecule has 22 heavy (non-hydrogen) atoms. The van der Waals surface area contributed by atoms with Gasteiger partial charge in [0.15, 0.2) is 0 Å². The lowest BCUT2D eigenvalue weighted by Crippen LogP contribution is -2.11. The highest BCUT2D eigenvalue weighted by Crippen LogP contribution is 2.35. The molecule has 0 atom stereocenters. The van der Waals surface area contributed by atoms with Crippen molar-refractivity contribution in [3.05, 3.63) is 71.6 Å². The number of rotatable bonds is 3. The van der Waals surface area contributed by atoms with Gasteiger partial charge in [-0.25, -0.2) is 13.6 Å². The van der Waals surface area contributed by atoms with Crippen molar-refractivity contribution in [2.24, 2.45) is 5.14 Å². The molecule has 1 heterocycles. The van der Waals surface area contributed by atoms with Crippen molar-refractivity contribution in [1.82, 2.24) is 4.98 Å². The van der Waals surface area contributed by atoms with Crippen LogP contribution in [0.1, 0.15) is 23.2 Å². The van der Waals surface area contributed by atoms with Gasteiger partial charge >= 0.3 is 0 Å². The number of benzene rings is 1. The third-order valence-corrected chi connectivity index (χ3v) is 4.54. The molecule has 112 valence electrons. The minimum Gasteiger partial charge on any atom is -0.256 e. The summed E-state index contributed by atoms with van der Waals surface area (Å²) in [5.41, 5.74) is 5.13. The molecule has 3 rings (SSSR count). The quantitative estimate of drug-likeness (QED) is 0.947. The second-order valence-electron chi connectivity index (χ2n) is 5.26. The van der Waals surface area contributed by atoms with E-state index >= 15 is 0 Å². The number of pyridine rings is 1. The summed E-state index contributed by atoms with van der Waals surface area (Å²) in [6, 6.07) is 10.6. The summed E-state index contributed by atoms with van der Waals surface area (Å²) in [7, 11) is -3.66. The van der Waals surface area contributed by atoms with Crippen molar-refractivity contribution in [2.75, 3.05) is 0 Å². The molecule has 0 amide bonds. The van der Waals surface area contributed by atoms with Crippen LogP contribution in [-0.2, 0) is 10.0 Å². The number of nitrogens with zero attached hydrogens (tertiary/aromatic N) is 1. The summed E-state index contributed by atoms with van der Waals surface area (Å²) < 4.78 is 22.6. The van der Waals surface area contributed by atoms with E-state index in [0.717, 1.165) is 34.4 Å². The molecule has 4 nitrogen and oxygen atoms in total. The van der Waals surface area contributed by atoms with Gasteiger partial charge in [-0.15, -0.1) is 0 Å². The van der Waals surface area contributed by atoms with E-state index in [4.69, 9.17) is 5.14 Å². The highest BCUT2D eigenvalue weighted by atomic mass is 32.2. The standard InChI is InChI=1S/C17H16N2O2S/c1-12-5-10-17(19-11-12)16-4-2-3-15(16)13-6-8-14(9-7-13)22(18,20)21/h3-11H,2H2,1H3,(H2,18,20,21). The Morgan fingerprint density at radius 2 is 1.68 bits per heavy atom. The first-order chi connectivity index (χ1) is 10.4. The monoisotopic (exact) mass is 312 g/mol. The van der Waals surface area contributed by atoms with Crippen molar-refractivity contribution in [3.8, 4) is 0 Å². The van der Waals surface area contributed by atoms with Crippen molar-refractivity contribution >= 4 is 21.2 Å². The van der Waals surface area contributed by atoms with E-state index in [1.165, 1.54) is 12.1 Å². The Labute approximate surface area is 130 Å². The minimum atomic E-state index is -3.66. The maximum absolute atomic E-state index is 11.3. The zero-order valence-electron chi connectivity index (χ0n) is 12.2. The molecule has 0 saturated heterocycles. The number of hydrogen-bond donors (Lipinski definition) is 1. The summed E-state index contributed by atoms with van der Waals surface area (Å²) in [6.45, 7) is 2.00. The van der Waals surface area contributed by atoms with Crippen LogP contribution in [0.3, 0.4) is 0 Å². The molecule has 2 aromatic rings. The topological polar surface area (TPSA) is 73.1 Å². The molecule has 0 unspecified atom stereocenters. The molecule has 1 aromatic heterocycles. The van der Waals surface area contributed by atoms with E-state index in [0.29, 0.717) is 0 Å². The van der Waals surface area contributed by atoms with Crippen LogP contribution >= 0.6 is 0 Å². The predicted molar refractivity (Wildman–Crippen MR) is 87.4 cm³/mol. The summed E-state index contributed by atoms with van der Waals surface area (Å²) >= 11 is 0. The minimum absolute atomic E-state index is 0.119. The van der Waals surface area contributed by atoms with Crippen molar-refractivity contribution < 1.29 is 8.42 Å². The van der Waals surface area contributed by atoms with Crippen LogP contribution < -0.4 is 5.14 Å². The molecule has 1 aliphatic carbocycles. The number of primary sulfonamides is 1. The lowest BCUT2D eigenvalue weighted by Gasteiger charge is -2.10. The molecule has 0 fully saturated rings. The van der Waals surface area contributed by atoms with Gasteiger partial charge in [0.25, 0.3) is 0 Å². The molecule has 0 aliphatic heterocycles. The second-order valence-corrected chi connectivity index (χ2v) is 6.82. The Kier molecular flexibility index (Phi) is 3.68. The maximum atomic E-state index is 11.3. The fraction of sp³-hybridized carbons (Fsp3) is 0.118. The summed E-state index contributed by atoms with van der Waals surface area (Å²) in [4.78, 5) is 4.59. The normalized spacial score (nSPS) is 14.6. The number of nitrogens with two attached hydrogens (primary N) is 1. The number of aryl methyl sites for hydroxylation is 1. The Hall–Kier alpha value is -2.24. The largest absolute Gasteiger partial charge is 0.256 e. The fourth-order valence-corrected chi connectivity index (χ4v) is 3.00. The molecule has 2 N–H and O–H groups in total. The van der Waals surface area contributed by atoms with E-state index in [2.05, 4.69) is 17.1 Å². The molecule has 0 spiro atoms. The lowest BCUT2D eigenvalue weighted by atomic mass is 9.98. The highest BCUT2D eigenvalue weighted by molar-refractivity contribution is 7.89. The third kappa shape index (κ3) is 2.86. The van der Waals surface area contributed by atoms with Crippen LogP contribution in [-0.4, -0.2) is 13.4 Å². The van der Waals surface area contributed by atoms with E-state index in [9.17, 15) is 8.42 Å². The molecule has 1 aromatic carbocycles. The van der Waals surface area contributed by atoms with Crippen molar-refractivity contribution in [2.45, 2.75) is 18.2 Å². The summed E-state index contributed by atoms with van der Waals surface area (Å²) in [6.07, 6.45) is 6.93. The Bertz CT molecular complexity index is 862. The number of allylic oxidation sites excluding steroid dienone is 4. The first-order valence-electron chi connectivity index (χ1n) is 6.92. The molecule has 0 bridgehead atoms. The van der Waals surface area contributed by atoms with Gasteiger partial charge in [-0.3, -0.25) is 4.98 Å². The van der Waals surface area contributed by atoms with Crippen LogP contribution in [0.25, 0.3) is 11.1 Å². The van der Waals surface area contributed by atoms with E-state index < -0.39 is 10.0 Å². The predicted octanol–water partition coefficient (Wildman–Crippen LogP) is 2.91. The van der Waals surface area contributed by atoms with Crippen LogP contribution in [0, 0.1) is 6.92 Å². The second kappa shape index (κ2) is 5.51. The van der Waals surface area contributed by atoms with Crippen LogP contribution in [0.2, 0.25) is 0 Å². The van der Waals surface area contributed by atoms with Gasteiger partial charge < -0.3 is 0 Å². The molecule has 1 aliphatic rings. The molecular formula is C17H16N2O2S. The average Bonchev–Trinajstić information content (AvgIpc) is 2.97. The maximum Gasteiger partial charge on any atom is 0.238 e. The van der Waals surface area contributed by atoms with Crippen LogP contribution in [0.15, 0.2) is 59.6 Å². The SMILES string of the molecule is Cc1ccc(C2=CCC=C2c2ccc(S(N)(=O)=O)cc2)nc1. The Morgan fingerprint density at radius 1 is 1.00 bits per heavy atom. The van der Waals surface area contributed by atoms with E-state index in [1.54, 1.807) is 12.1 Å². The first-order valence-corrected chi connectivity index (χ1v) is 8.47. The van der Waals surface area contributed by atoms with E-state index in [-0.39, 0.29) is 4.90 Å². The number of hydrogen-bond acceptors (Lipinski definition) is 3. The van der Waals surface area contributed by atoms with E-state index in [1.807, 2.05) is 25.3 Å². The number of sulfonamides is 1. The molecule has 5 heteroatoms. The van der Waals surface area contributed by atoms with Crippen molar-refractivity contribution in [3.63, 3.8) is 0 Å². The zero-order chi connectivity index (χ0) is 15.7. The Balaban J connectivity index is 1.95. The fourth-order valence-electron chi connectivity index (χ4n) is 2.48. The van der Waals surface area contributed by atoms with Gasteiger partial charge in [-0.1, -0.05) is 30.4 Å². The van der Waals surface area contributed by atoms with Crippen LogP contribution in [0.4, 0.5) is 0 Å². The smallest absolute Gasteiger partial charge is 0.238 e. The van der Waals surface area contributed by atoms with Gasteiger partial charge in [-0.05, 0) is 48.2 Å². The summed E-state index contributed by atoms with van der Waals surface area (Å²) in [5.74, 6) is 0. The first kappa shape index (κ1) is 14.7. The third-order valence-electron chi connectivity index (χ3n) is 3.62. The number of aromatic nitrogens is 1. The zero-order valence-corrected chi connectivity index (χ0v) is 13.0. The highest BCUT2D eigenvalue weighted by Gasteiger charge is 2.16. The van der Waals surface area contributed by atoms with Gasteiger partial charge in [0.2, 0.25) is 10.0 Å². The van der Waals surface area contributed by atoms with Gasteiger partial charge in [-0.2, -0.15) is 0 Å². The summed E-state index contributed by atoms with van der Waals surface area (Å²) in [5, 5.41) is 5.13. The van der Waals surface area contributed by atoms with Crippen LogP contribution in [0.5, 0.6) is 0 Å². The average molecular weight is 312 g/mol.